The summed E-state index contributed by atoms with van der Waals surface area (Å²) in [6.07, 6.45) is 0.451. The number of hydrogen-bond donors (Lipinski definition) is 3. The highest BCUT2D eigenvalue weighted by molar-refractivity contribution is 9.10. The predicted molar refractivity (Wildman–Crippen MR) is 66.2 cm³/mol. The topological polar surface area (TPSA) is 61.4 Å². The van der Waals surface area contributed by atoms with E-state index in [2.05, 4.69) is 26.6 Å². The second-order valence-electron chi connectivity index (χ2n) is 3.38. The Kier molecular flexibility index (Phi) is 5.28. The van der Waals surface area contributed by atoms with Crippen LogP contribution in [0.15, 0.2) is 22.7 Å². The van der Waals surface area contributed by atoms with Gasteiger partial charge in [-0.3, -0.25) is 4.79 Å². The summed E-state index contributed by atoms with van der Waals surface area (Å²) in [7, 11) is 1.62. The summed E-state index contributed by atoms with van der Waals surface area (Å²) in [5, 5.41) is 15.0. The van der Waals surface area contributed by atoms with E-state index < -0.39 is 0 Å². The first-order valence-electron chi connectivity index (χ1n) is 5.02. The Balaban J connectivity index is 2.37. The number of nitrogens with one attached hydrogen (secondary N) is 2. The van der Waals surface area contributed by atoms with Crippen LogP contribution in [0, 0.1) is 0 Å². The van der Waals surface area contributed by atoms with Crippen LogP contribution in [0.25, 0.3) is 0 Å². The molecule has 0 saturated heterocycles. The number of carbonyl (C=O) groups is 1. The molecule has 0 saturated carbocycles. The summed E-state index contributed by atoms with van der Waals surface area (Å²) in [5.74, 6) is 0.258. The quantitative estimate of drug-likeness (QED) is 0.717. The van der Waals surface area contributed by atoms with Gasteiger partial charge in [0, 0.05) is 31.0 Å². The fraction of sp³-hybridized carbons (Fsp3) is 0.364. The van der Waals surface area contributed by atoms with E-state index in [-0.39, 0.29) is 11.7 Å². The van der Waals surface area contributed by atoms with Gasteiger partial charge >= 0.3 is 0 Å². The molecule has 0 unspecified atom stereocenters. The van der Waals surface area contributed by atoms with E-state index >= 15 is 0 Å². The highest BCUT2D eigenvalue weighted by Gasteiger charge is 2.01. The maximum Gasteiger partial charge on any atom is 0.221 e. The van der Waals surface area contributed by atoms with Crippen LogP contribution in [0.2, 0.25) is 0 Å². The number of halogens is 1. The van der Waals surface area contributed by atoms with Gasteiger partial charge in [0.25, 0.3) is 0 Å². The highest BCUT2D eigenvalue weighted by Crippen LogP contribution is 2.21. The number of phenols is 1. The summed E-state index contributed by atoms with van der Waals surface area (Å²) in [5.41, 5.74) is 0.969. The van der Waals surface area contributed by atoms with Gasteiger partial charge in [0.2, 0.25) is 5.91 Å². The van der Waals surface area contributed by atoms with Gasteiger partial charge in [-0.15, -0.1) is 0 Å². The van der Waals surface area contributed by atoms with Gasteiger partial charge in [0.1, 0.15) is 5.75 Å². The molecular weight excluding hydrogens is 272 g/mol. The number of amides is 1. The lowest BCUT2D eigenvalue weighted by Gasteiger charge is -2.07. The molecule has 0 heterocycles. The van der Waals surface area contributed by atoms with Crippen molar-refractivity contribution in [1.29, 1.82) is 0 Å². The molecule has 1 aromatic rings. The van der Waals surface area contributed by atoms with Crippen LogP contribution in [-0.4, -0.2) is 24.6 Å². The lowest BCUT2D eigenvalue weighted by atomic mass is 10.2. The lowest BCUT2D eigenvalue weighted by Crippen LogP contribution is -2.24. The second kappa shape index (κ2) is 6.50. The van der Waals surface area contributed by atoms with Crippen LogP contribution in [0.1, 0.15) is 12.0 Å². The van der Waals surface area contributed by atoms with E-state index in [0.717, 1.165) is 10.0 Å². The molecule has 3 N–H and O–H groups in total. The SMILES string of the molecule is CNC(=O)CCNCc1cc(O)ccc1Br. The molecule has 0 fully saturated rings. The van der Waals surface area contributed by atoms with Crippen LogP contribution >= 0.6 is 15.9 Å². The first-order valence-corrected chi connectivity index (χ1v) is 5.81. The molecule has 5 heteroatoms. The molecule has 0 bridgehead atoms. The zero-order valence-corrected chi connectivity index (χ0v) is 10.7. The molecule has 0 aliphatic carbocycles. The van der Waals surface area contributed by atoms with Crippen LogP contribution in [0.3, 0.4) is 0 Å². The molecular formula is C11H15BrN2O2. The van der Waals surface area contributed by atoms with Crippen molar-refractivity contribution in [3.8, 4) is 5.75 Å². The largest absolute Gasteiger partial charge is 0.508 e. The summed E-state index contributed by atoms with van der Waals surface area (Å²) in [6.45, 7) is 1.23. The van der Waals surface area contributed by atoms with Crippen LogP contribution < -0.4 is 10.6 Å². The minimum absolute atomic E-state index is 0.0162. The number of carbonyl (C=O) groups excluding carboxylic acids is 1. The second-order valence-corrected chi connectivity index (χ2v) is 4.23. The predicted octanol–water partition coefficient (Wildman–Crippen LogP) is 1.38. The molecule has 0 spiro atoms. The number of hydrogen-bond acceptors (Lipinski definition) is 3. The normalized spacial score (nSPS) is 10.1. The van der Waals surface area contributed by atoms with E-state index in [1.165, 1.54) is 0 Å². The van der Waals surface area contributed by atoms with Crippen molar-refractivity contribution < 1.29 is 9.90 Å². The van der Waals surface area contributed by atoms with Gasteiger partial charge in [-0.05, 0) is 23.8 Å². The smallest absolute Gasteiger partial charge is 0.221 e. The van der Waals surface area contributed by atoms with E-state index in [1.54, 1.807) is 25.2 Å². The van der Waals surface area contributed by atoms with Crippen molar-refractivity contribution in [3.63, 3.8) is 0 Å². The maximum atomic E-state index is 10.9. The van der Waals surface area contributed by atoms with E-state index in [9.17, 15) is 9.90 Å². The molecule has 0 aliphatic heterocycles. The number of phenolic OH excluding ortho intramolecular Hbond substituents is 1. The van der Waals surface area contributed by atoms with E-state index in [0.29, 0.717) is 19.5 Å². The molecule has 0 aliphatic rings. The summed E-state index contributed by atoms with van der Waals surface area (Å²) < 4.78 is 0.942. The third-order valence-electron chi connectivity index (χ3n) is 2.15. The molecule has 0 aromatic heterocycles. The van der Waals surface area contributed by atoms with Crippen molar-refractivity contribution in [2.24, 2.45) is 0 Å². The zero-order chi connectivity index (χ0) is 12.0. The molecule has 1 amide bonds. The molecule has 16 heavy (non-hydrogen) atoms. The van der Waals surface area contributed by atoms with Gasteiger partial charge in [-0.25, -0.2) is 0 Å². The third-order valence-corrected chi connectivity index (χ3v) is 2.93. The number of rotatable bonds is 5. The molecule has 0 radical (unpaired) electrons. The monoisotopic (exact) mass is 286 g/mol. The number of aromatic hydroxyl groups is 1. The maximum absolute atomic E-state index is 10.9. The van der Waals surface area contributed by atoms with Crippen LogP contribution in [0.5, 0.6) is 5.75 Å². The van der Waals surface area contributed by atoms with Crippen molar-refractivity contribution in [1.82, 2.24) is 10.6 Å². The minimum atomic E-state index is 0.0162. The Hall–Kier alpha value is -1.07. The van der Waals surface area contributed by atoms with Crippen molar-refractivity contribution in [2.75, 3.05) is 13.6 Å². The van der Waals surface area contributed by atoms with Gasteiger partial charge < -0.3 is 15.7 Å². The zero-order valence-electron chi connectivity index (χ0n) is 9.09. The first kappa shape index (κ1) is 13.0. The van der Waals surface area contributed by atoms with Crippen molar-refractivity contribution in [2.45, 2.75) is 13.0 Å². The van der Waals surface area contributed by atoms with Crippen molar-refractivity contribution >= 4 is 21.8 Å². The average Bonchev–Trinajstić information content (AvgIpc) is 2.28. The Morgan fingerprint density at radius 1 is 1.50 bits per heavy atom. The Bertz CT molecular complexity index is 369. The standard InChI is InChI=1S/C11H15BrN2O2/c1-13-11(16)4-5-14-7-8-6-9(15)2-3-10(8)12/h2-3,6,14-15H,4-5,7H2,1H3,(H,13,16). The van der Waals surface area contributed by atoms with Gasteiger partial charge in [-0.1, -0.05) is 15.9 Å². The minimum Gasteiger partial charge on any atom is -0.508 e. The Morgan fingerprint density at radius 2 is 2.25 bits per heavy atom. The first-order chi connectivity index (χ1) is 7.63. The molecule has 1 rings (SSSR count). The fourth-order valence-electron chi connectivity index (χ4n) is 1.25. The third kappa shape index (κ3) is 4.20. The lowest BCUT2D eigenvalue weighted by molar-refractivity contribution is -0.120. The number of benzene rings is 1. The summed E-state index contributed by atoms with van der Waals surface area (Å²) in [6, 6.07) is 5.11. The van der Waals surface area contributed by atoms with Gasteiger partial charge in [0.05, 0.1) is 0 Å². The van der Waals surface area contributed by atoms with E-state index in [1.807, 2.05) is 0 Å². The van der Waals surface area contributed by atoms with Gasteiger partial charge in [-0.2, -0.15) is 0 Å². The fourth-order valence-corrected chi connectivity index (χ4v) is 1.63. The average molecular weight is 287 g/mol. The molecule has 0 atom stereocenters. The van der Waals surface area contributed by atoms with Gasteiger partial charge in [0.15, 0.2) is 0 Å². The molecule has 4 nitrogen and oxygen atoms in total. The van der Waals surface area contributed by atoms with E-state index in [4.69, 9.17) is 0 Å². The summed E-state index contributed by atoms with van der Waals surface area (Å²) >= 11 is 3.39. The summed E-state index contributed by atoms with van der Waals surface area (Å²) in [4.78, 5) is 10.9. The molecule has 1 aromatic carbocycles. The van der Waals surface area contributed by atoms with Crippen LogP contribution in [0.4, 0.5) is 0 Å². The van der Waals surface area contributed by atoms with Crippen LogP contribution in [-0.2, 0) is 11.3 Å². The highest BCUT2D eigenvalue weighted by atomic mass is 79.9. The van der Waals surface area contributed by atoms with Crippen molar-refractivity contribution in [3.05, 3.63) is 28.2 Å². The Labute approximate surface area is 103 Å². The molecule has 88 valence electrons. The Morgan fingerprint density at radius 3 is 2.94 bits per heavy atom.